The fourth-order valence-corrected chi connectivity index (χ4v) is 3.54. The Kier molecular flexibility index (Phi) is 7.64. The molecular weight excluding hydrogens is 479 g/mol. The second kappa shape index (κ2) is 9.60. The van der Waals surface area contributed by atoms with E-state index in [0.717, 1.165) is 25.9 Å². The van der Waals surface area contributed by atoms with Crippen molar-refractivity contribution in [1.29, 1.82) is 0 Å². The van der Waals surface area contributed by atoms with Crippen molar-refractivity contribution in [3.8, 4) is 0 Å². The molecule has 0 aliphatic carbocycles. The predicted octanol–water partition coefficient (Wildman–Crippen LogP) is 1.19. The number of hydrogen-bond acceptors (Lipinski definition) is 6. The van der Waals surface area contributed by atoms with Gasteiger partial charge in [-0.15, -0.1) is 0 Å². The lowest BCUT2D eigenvalue weighted by molar-refractivity contribution is -0.192. The summed E-state index contributed by atoms with van der Waals surface area (Å²) in [5.41, 5.74) is -0.835. The first-order chi connectivity index (χ1) is 13.9. The predicted molar refractivity (Wildman–Crippen MR) is 99.8 cm³/mol. The van der Waals surface area contributed by atoms with Crippen molar-refractivity contribution in [2.24, 2.45) is 5.41 Å². The SMILES string of the molecule is O=C(NCC1CC2(CCNCC2)C(=O)O1)c1cc(Br)c[nH]c1=O.O=C(O)C(F)(F)F. The minimum absolute atomic E-state index is 0.0280. The van der Waals surface area contributed by atoms with Crippen LogP contribution in [0.5, 0.6) is 0 Å². The number of alkyl halides is 3. The highest BCUT2D eigenvalue weighted by molar-refractivity contribution is 9.10. The van der Waals surface area contributed by atoms with Crippen LogP contribution in [-0.4, -0.2) is 59.9 Å². The van der Waals surface area contributed by atoms with E-state index in [1.807, 2.05) is 0 Å². The summed E-state index contributed by atoms with van der Waals surface area (Å²) >= 11 is 3.21. The van der Waals surface area contributed by atoms with Gasteiger partial charge in [0.2, 0.25) is 0 Å². The number of piperidine rings is 1. The first-order valence-electron chi connectivity index (χ1n) is 8.83. The second-order valence-electron chi connectivity index (χ2n) is 6.84. The summed E-state index contributed by atoms with van der Waals surface area (Å²) in [5.74, 6) is -3.40. The highest BCUT2D eigenvalue weighted by atomic mass is 79.9. The Labute approximate surface area is 176 Å². The molecule has 2 aliphatic rings. The summed E-state index contributed by atoms with van der Waals surface area (Å²) < 4.78 is 37.8. The smallest absolute Gasteiger partial charge is 0.475 e. The van der Waals surface area contributed by atoms with E-state index < -0.39 is 29.0 Å². The first kappa shape index (κ1) is 23.9. The second-order valence-corrected chi connectivity index (χ2v) is 7.75. The van der Waals surface area contributed by atoms with Gasteiger partial charge < -0.3 is 25.5 Å². The van der Waals surface area contributed by atoms with Crippen molar-refractivity contribution in [2.45, 2.75) is 31.5 Å². The third kappa shape index (κ3) is 6.05. The number of carboxylic acids is 1. The van der Waals surface area contributed by atoms with Gasteiger partial charge in [-0.2, -0.15) is 13.2 Å². The molecule has 2 aliphatic heterocycles. The lowest BCUT2D eigenvalue weighted by Gasteiger charge is -2.29. The maximum absolute atomic E-state index is 12.2. The Hall–Kier alpha value is -2.41. The third-order valence-corrected chi connectivity index (χ3v) is 5.19. The highest BCUT2D eigenvalue weighted by Crippen LogP contribution is 2.41. The van der Waals surface area contributed by atoms with E-state index in [0.29, 0.717) is 10.9 Å². The topological polar surface area (TPSA) is 138 Å². The van der Waals surface area contributed by atoms with Gasteiger partial charge in [-0.1, -0.05) is 0 Å². The molecule has 0 radical (unpaired) electrons. The molecule has 1 atom stereocenters. The van der Waals surface area contributed by atoms with Gasteiger partial charge in [0, 0.05) is 17.1 Å². The minimum Gasteiger partial charge on any atom is -0.475 e. The van der Waals surface area contributed by atoms with Gasteiger partial charge in [0.15, 0.2) is 0 Å². The number of hydrogen-bond donors (Lipinski definition) is 4. The molecule has 0 aromatic carbocycles. The minimum atomic E-state index is -5.08. The van der Waals surface area contributed by atoms with Crippen LogP contribution in [0.15, 0.2) is 21.5 Å². The van der Waals surface area contributed by atoms with Crippen LogP contribution in [0, 0.1) is 5.41 Å². The number of cyclic esters (lactones) is 1. The zero-order valence-corrected chi connectivity index (χ0v) is 17.1. The number of aliphatic carboxylic acids is 1. The summed E-state index contributed by atoms with van der Waals surface area (Å²) in [6, 6.07) is 1.46. The van der Waals surface area contributed by atoms with Crippen molar-refractivity contribution in [2.75, 3.05) is 19.6 Å². The number of amides is 1. The molecule has 4 N–H and O–H groups in total. The Morgan fingerprint density at radius 2 is 1.90 bits per heavy atom. The van der Waals surface area contributed by atoms with Gasteiger partial charge in [0.1, 0.15) is 11.7 Å². The third-order valence-electron chi connectivity index (χ3n) is 4.73. The number of esters is 1. The molecule has 1 spiro atoms. The molecular formula is C17H19BrF3N3O6. The number of halogens is 4. The number of pyridine rings is 1. The van der Waals surface area contributed by atoms with Crippen LogP contribution in [0.3, 0.4) is 0 Å². The number of aromatic amines is 1. The van der Waals surface area contributed by atoms with Crippen LogP contribution >= 0.6 is 15.9 Å². The largest absolute Gasteiger partial charge is 0.490 e. The average molecular weight is 498 g/mol. The lowest BCUT2D eigenvalue weighted by atomic mass is 9.76. The zero-order chi connectivity index (χ0) is 22.5. The molecule has 0 saturated carbocycles. The summed E-state index contributed by atoms with van der Waals surface area (Å²) in [5, 5.41) is 13.0. The van der Waals surface area contributed by atoms with Crippen molar-refractivity contribution in [1.82, 2.24) is 15.6 Å². The van der Waals surface area contributed by atoms with Crippen molar-refractivity contribution >= 4 is 33.8 Å². The van der Waals surface area contributed by atoms with E-state index in [9.17, 15) is 27.6 Å². The molecule has 30 heavy (non-hydrogen) atoms. The molecule has 2 saturated heterocycles. The van der Waals surface area contributed by atoms with E-state index in [2.05, 4.69) is 31.5 Å². The van der Waals surface area contributed by atoms with Crippen molar-refractivity contribution in [3.63, 3.8) is 0 Å². The summed E-state index contributed by atoms with van der Waals surface area (Å²) in [6.07, 6.45) is -1.80. The Bertz CT molecular complexity index is 867. The van der Waals surface area contributed by atoms with E-state index in [4.69, 9.17) is 14.6 Å². The Morgan fingerprint density at radius 1 is 1.30 bits per heavy atom. The molecule has 1 aromatic heterocycles. The molecule has 1 aromatic rings. The molecule has 1 unspecified atom stereocenters. The Balaban J connectivity index is 0.000000396. The molecule has 166 valence electrons. The maximum atomic E-state index is 12.2. The lowest BCUT2D eigenvalue weighted by Crippen LogP contribution is -2.40. The van der Waals surface area contributed by atoms with Gasteiger partial charge in [0.05, 0.1) is 12.0 Å². The van der Waals surface area contributed by atoms with Crippen LogP contribution in [0.2, 0.25) is 0 Å². The van der Waals surface area contributed by atoms with Crippen LogP contribution in [0.1, 0.15) is 29.6 Å². The van der Waals surface area contributed by atoms with Crippen LogP contribution in [0.4, 0.5) is 13.2 Å². The van der Waals surface area contributed by atoms with Gasteiger partial charge in [-0.05, 0) is 47.9 Å². The number of carboxylic acid groups (broad SMARTS) is 1. The quantitative estimate of drug-likeness (QED) is 0.460. The molecule has 2 fully saturated rings. The maximum Gasteiger partial charge on any atom is 0.490 e. The summed E-state index contributed by atoms with van der Waals surface area (Å²) in [6.45, 7) is 1.83. The van der Waals surface area contributed by atoms with Crippen LogP contribution in [-0.2, 0) is 14.3 Å². The zero-order valence-electron chi connectivity index (χ0n) is 15.5. The van der Waals surface area contributed by atoms with Gasteiger partial charge in [-0.3, -0.25) is 14.4 Å². The van der Waals surface area contributed by atoms with Crippen LogP contribution < -0.4 is 16.2 Å². The molecule has 3 heterocycles. The monoisotopic (exact) mass is 497 g/mol. The van der Waals surface area contributed by atoms with E-state index in [1.54, 1.807) is 0 Å². The summed E-state index contributed by atoms with van der Waals surface area (Å²) in [4.78, 5) is 47.3. The molecule has 3 rings (SSSR count). The van der Waals surface area contributed by atoms with Gasteiger partial charge in [-0.25, -0.2) is 4.79 Å². The molecule has 0 bridgehead atoms. The summed E-state index contributed by atoms with van der Waals surface area (Å²) in [7, 11) is 0. The molecule has 13 heteroatoms. The fourth-order valence-electron chi connectivity index (χ4n) is 3.19. The van der Waals surface area contributed by atoms with Crippen LogP contribution in [0.25, 0.3) is 0 Å². The Morgan fingerprint density at radius 3 is 2.47 bits per heavy atom. The fraction of sp³-hybridized carbons (Fsp3) is 0.529. The normalized spacial score (nSPS) is 20.1. The number of carbonyl (C=O) groups excluding carboxylic acids is 2. The number of rotatable bonds is 3. The first-order valence-corrected chi connectivity index (χ1v) is 9.62. The number of aromatic nitrogens is 1. The number of ether oxygens (including phenoxy) is 1. The molecule has 9 nitrogen and oxygen atoms in total. The van der Waals surface area contributed by atoms with Crippen molar-refractivity contribution in [3.05, 3.63) is 32.7 Å². The van der Waals surface area contributed by atoms with Crippen molar-refractivity contribution < 1.29 is 37.4 Å². The van der Waals surface area contributed by atoms with E-state index in [1.165, 1.54) is 12.3 Å². The van der Waals surface area contributed by atoms with Gasteiger partial charge in [0.25, 0.3) is 11.5 Å². The number of H-pyrrole nitrogens is 1. The highest BCUT2D eigenvalue weighted by Gasteiger charge is 2.49. The van der Waals surface area contributed by atoms with Gasteiger partial charge >= 0.3 is 18.1 Å². The number of carbonyl (C=O) groups is 3. The van der Waals surface area contributed by atoms with E-state index >= 15 is 0 Å². The number of nitrogens with one attached hydrogen (secondary N) is 3. The average Bonchev–Trinajstić information content (AvgIpc) is 2.97. The standard InChI is InChI=1S/C15H18BrN3O4.C2HF3O2/c16-9-5-11(12(20)18-7-9)13(21)19-8-10-6-15(14(22)23-10)1-3-17-4-2-15;3-2(4,5)1(6)7/h5,7,10,17H,1-4,6,8H2,(H,18,20)(H,19,21);(H,6,7). The molecule has 1 amide bonds. The van der Waals surface area contributed by atoms with E-state index in [-0.39, 0.29) is 24.2 Å².